The van der Waals surface area contributed by atoms with Crippen LogP contribution < -0.4 is 19.9 Å². The zero-order valence-electron chi connectivity index (χ0n) is 40.4. The summed E-state index contributed by atoms with van der Waals surface area (Å²) in [5.74, 6) is 3.18. The molecule has 0 radical (unpaired) electrons. The lowest BCUT2D eigenvalue weighted by Gasteiger charge is -2.19. The number of aliphatic hydroxyl groups excluding tert-OH is 2. The molecule has 3 N–H and O–H groups in total. The molecule has 20 nitrogen and oxygen atoms in total. The summed E-state index contributed by atoms with van der Waals surface area (Å²) in [7, 11) is 3.11. The summed E-state index contributed by atoms with van der Waals surface area (Å²) in [5.41, 5.74) is 8.49. The molecular weight excluding hydrogens is 1010 g/mol. The lowest BCUT2D eigenvalue weighted by Crippen LogP contribution is -2.31. The summed E-state index contributed by atoms with van der Waals surface area (Å²) >= 11 is 0. The number of nitrogens with one attached hydrogen (secondary N) is 1. The fraction of sp³-hybridized carbons (Fsp3) is 0.314. The van der Waals surface area contributed by atoms with Crippen molar-refractivity contribution in [2.24, 2.45) is 0 Å². The van der Waals surface area contributed by atoms with E-state index in [2.05, 4.69) is 50.6 Å². The van der Waals surface area contributed by atoms with Crippen molar-refractivity contribution in [1.82, 2.24) is 74.6 Å². The van der Waals surface area contributed by atoms with Gasteiger partial charge in [0, 0.05) is 36.3 Å². The highest BCUT2D eigenvalue weighted by Crippen LogP contribution is 2.46. The number of ether oxygens (including phenoxy) is 2. The third-order valence-corrected chi connectivity index (χ3v) is 12.9. The van der Waals surface area contributed by atoms with Crippen LogP contribution in [0.3, 0.4) is 0 Å². The number of hydrogen-bond donors (Lipinski definition) is 3. The van der Waals surface area contributed by atoms with Gasteiger partial charge < -0.3 is 19.7 Å². The van der Waals surface area contributed by atoms with Gasteiger partial charge in [-0.1, -0.05) is 31.7 Å². The van der Waals surface area contributed by atoms with Crippen molar-refractivity contribution in [3.8, 4) is 45.9 Å². The molecule has 0 saturated heterocycles. The largest absolute Gasteiger partial charge is 0.480 e. The highest BCUT2D eigenvalue weighted by Gasteiger charge is 2.37. The second-order valence-electron chi connectivity index (χ2n) is 18.1. The van der Waals surface area contributed by atoms with Crippen LogP contribution in [0.4, 0.5) is 32.2 Å². The molecule has 9 aromatic rings. The number of fused-ring (bicyclic) bond motifs is 2. The third kappa shape index (κ3) is 10.6. The van der Waals surface area contributed by atoms with E-state index in [4.69, 9.17) is 19.4 Å². The summed E-state index contributed by atoms with van der Waals surface area (Å²) < 4.78 is 93.4. The number of aromatic nitrogens is 14. The van der Waals surface area contributed by atoms with Crippen LogP contribution in [0.15, 0.2) is 91.9 Å². The molecule has 0 spiro atoms. The van der Waals surface area contributed by atoms with Crippen molar-refractivity contribution in [2.75, 3.05) is 19.2 Å². The molecule has 2 aliphatic carbocycles. The lowest BCUT2D eigenvalue weighted by atomic mass is 10.1. The number of nitrogens with zero attached hydrogens (tertiary/aromatic N) is 15. The van der Waals surface area contributed by atoms with Gasteiger partial charge in [-0.3, -0.25) is 5.01 Å². The Morgan fingerprint density at radius 2 is 1.12 bits per heavy atom. The summed E-state index contributed by atoms with van der Waals surface area (Å²) in [5, 5.41) is 33.4. The Morgan fingerprint density at radius 1 is 0.623 bits per heavy atom. The van der Waals surface area contributed by atoms with E-state index in [1.807, 2.05) is 5.01 Å². The van der Waals surface area contributed by atoms with Crippen molar-refractivity contribution >= 4 is 16.9 Å². The molecule has 0 bridgehead atoms. The molecule has 12 rings (SSSR count). The highest BCUT2D eigenvalue weighted by molar-refractivity contribution is 5.77. The maximum atomic E-state index is 13.1. The molecule has 26 heteroatoms. The van der Waals surface area contributed by atoms with E-state index in [9.17, 15) is 36.6 Å². The van der Waals surface area contributed by atoms with Crippen molar-refractivity contribution in [2.45, 2.75) is 90.1 Å². The fourth-order valence-corrected chi connectivity index (χ4v) is 8.82. The molecule has 2 fully saturated rings. The average Bonchev–Trinajstić information content (AvgIpc) is 4.29. The number of hydrazine groups is 1. The van der Waals surface area contributed by atoms with Gasteiger partial charge in [-0.15, -0.1) is 0 Å². The molecule has 398 valence electrons. The number of benzene rings is 2. The van der Waals surface area contributed by atoms with Crippen LogP contribution in [-0.2, 0) is 45.2 Å². The van der Waals surface area contributed by atoms with Crippen molar-refractivity contribution in [3.63, 3.8) is 0 Å². The maximum Gasteiger partial charge on any atom is 0.435 e. The zero-order chi connectivity index (χ0) is 52.9. The summed E-state index contributed by atoms with van der Waals surface area (Å²) in [6.07, 6.45) is 3.11. The van der Waals surface area contributed by atoms with Gasteiger partial charge in [-0.05, 0) is 73.2 Å². The Labute approximate surface area is 434 Å². The SMILES string of the molecule is C.COc1ncnc(C2CC2)c1-c1ncc2c(n1)N(Cc1ccc(-n3nc(C(F)(F)F)cc3CO)cc1)NC2.COc1ncnc(C2CC2)c1-c1ncc2cnn(Cc3ccc(-n4nc(C(F)(F)F)cc4CO)cc3)c2n1. The van der Waals surface area contributed by atoms with Crippen molar-refractivity contribution in [3.05, 3.63) is 143 Å². The lowest BCUT2D eigenvalue weighted by molar-refractivity contribution is -0.142. The normalized spacial score (nSPS) is 14.3. The van der Waals surface area contributed by atoms with E-state index < -0.39 is 37.0 Å². The van der Waals surface area contributed by atoms with Crippen LogP contribution in [-0.4, -0.2) is 93.6 Å². The van der Waals surface area contributed by atoms with Gasteiger partial charge >= 0.3 is 12.4 Å². The number of aliphatic hydroxyl groups is 2. The van der Waals surface area contributed by atoms with Crippen LogP contribution >= 0.6 is 0 Å². The van der Waals surface area contributed by atoms with E-state index in [-0.39, 0.29) is 18.8 Å². The standard InChI is InChI=1S/C25H23F3N8O2.C25H21F3N8O2.CH4/c2*1-38-24-20(21(15-4-5-15)30-13-31-24)22-29-9-16-10-32-35(23(16)33-22)11-14-2-6-17(7-3-14)36-18(12-37)8-19(34-36)25(26,27)28;/h2-3,6-9,13,15,32,37H,4-5,10-12H2,1H3;2-3,6-10,13,15,37H,4-5,11-12H2,1H3;1H4. The average molecular weight is 1060 g/mol. The van der Waals surface area contributed by atoms with Crippen LogP contribution in [0.1, 0.15) is 95.8 Å². The van der Waals surface area contributed by atoms with Gasteiger partial charge in [0.05, 0.1) is 86.3 Å². The number of halogens is 6. The Hall–Kier alpha value is -8.49. The fourth-order valence-electron chi connectivity index (χ4n) is 8.82. The second-order valence-corrected chi connectivity index (χ2v) is 18.1. The van der Waals surface area contributed by atoms with Gasteiger partial charge in [0.1, 0.15) is 23.8 Å². The number of hydrogen-bond acceptors (Lipinski definition) is 17. The number of anilines is 1. The minimum atomic E-state index is -4.60. The van der Waals surface area contributed by atoms with E-state index in [0.717, 1.165) is 86.5 Å². The molecule has 2 aromatic carbocycles. The molecule has 0 unspecified atom stereocenters. The smallest absolute Gasteiger partial charge is 0.435 e. The van der Waals surface area contributed by atoms with Gasteiger partial charge in [-0.2, -0.15) is 41.6 Å². The minimum Gasteiger partial charge on any atom is -0.480 e. The quantitative estimate of drug-likeness (QED) is 0.0874. The molecule has 7 aromatic heterocycles. The van der Waals surface area contributed by atoms with Crippen molar-refractivity contribution < 1.29 is 46.0 Å². The molecule has 3 aliphatic rings. The van der Waals surface area contributed by atoms with E-state index in [0.29, 0.717) is 83.0 Å². The molecule has 2 saturated carbocycles. The van der Waals surface area contributed by atoms with Crippen molar-refractivity contribution in [1.29, 1.82) is 0 Å². The number of rotatable bonds is 14. The van der Waals surface area contributed by atoms with Gasteiger partial charge in [0.2, 0.25) is 11.8 Å². The second kappa shape index (κ2) is 20.9. The van der Waals surface area contributed by atoms with Crippen LogP contribution in [0.2, 0.25) is 0 Å². The zero-order valence-corrected chi connectivity index (χ0v) is 40.4. The number of methoxy groups -OCH3 is 2. The van der Waals surface area contributed by atoms with E-state index >= 15 is 0 Å². The first-order chi connectivity index (χ1) is 36.7. The molecule has 1 aliphatic heterocycles. The van der Waals surface area contributed by atoms with Crippen LogP contribution in [0.25, 0.3) is 45.2 Å². The highest BCUT2D eigenvalue weighted by atomic mass is 19.4. The summed E-state index contributed by atoms with van der Waals surface area (Å²) in [6.45, 7) is 0.213. The van der Waals surface area contributed by atoms with E-state index in [1.54, 1.807) is 86.0 Å². The molecule has 77 heavy (non-hydrogen) atoms. The first-order valence-electron chi connectivity index (χ1n) is 23.8. The molecule has 0 amide bonds. The third-order valence-electron chi connectivity index (χ3n) is 12.9. The Morgan fingerprint density at radius 3 is 1.60 bits per heavy atom. The monoisotopic (exact) mass is 1060 g/mol. The molecular formula is C51H48F6N16O4. The molecule has 0 atom stereocenters. The van der Waals surface area contributed by atoms with Gasteiger partial charge in [0.25, 0.3) is 0 Å². The van der Waals surface area contributed by atoms with E-state index in [1.165, 1.54) is 12.7 Å². The van der Waals surface area contributed by atoms with Gasteiger partial charge in [-0.25, -0.2) is 59.3 Å². The topological polar surface area (TPSA) is 231 Å². The summed E-state index contributed by atoms with van der Waals surface area (Å²) in [6, 6.07) is 15.4. The predicted molar refractivity (Wildman–Crippen MR) is 264 cm³/mol. The molecule has 8 heterocycles. The summed E-state index contributed by atoms with van der Waals surface area (Å²) in [4.78, 5) is 36.2. The van der Waals surface area contributed by atoms with Crippen LogP contribution in [0.5, 0.6) is 11.8 Å². The number of alkyl halides is 6. The minimum absolute atomic E-state index is 0. The Kier molecular flexibility index (Phi) is 14.1. The predicted octanol–water partition coefficient (Wildman–Crippen LogP) is 8.09. The first-order valence-corrected chi connectivity index (χ1v) is 23.8. The Balaban J connectivity index is 0.000000172. The Bertz CT molecular complexity index is 3580. The van der Waals surface area contributed by atoms with Gasteiger partial charge in [0.15, 0.2) is 34.5 Å². The first kappa shape index (κ1) is 52.0. The maximum absolute atomic E-state index is 13.1. The van der Waals surface area contributed by atoms with Crippen LogP contribution in [0, 0.1) is 0 Å².